The normalized spacial score (nSPS) is 15.5. The van der Waals surface area contributed by atoms with Gasteiger partial charge in [-0.25, -0.2) is 4.79 Å². The highest BCUT2D eigenvalue weighted by Gasteiger charge is 2.37. The van der Waals surface area contributed by atoms with Gasteiger partial charge in [0.2, 0.25) is 0 Å². The zero-order valence-electron chi connectivity index (χ0n) is 17.2. The van der Waals surface area contributed by atoms with Crippen molar-refractivity contribution < 1.29 is 24.0 Å². The molecule has 2 aromatic carbocycles. The number of ether oxygens (including phenoxy) is 2. The van der Waals surface area contributed by atoms with Crippen LogP contribution >= 0.6 is 0 Å². The molecule has 1 amide bonds. The van der Waals surface area contributed by atoms with E-state index in [0.29, 0.717) is 23.6 Å². The first-order chi connectivity index (χ1) is 14.3. The number of nitrogens with zero attached hydrogens (tertiary/aromatic N) is 2. The summed E-state index contributed by atoms with van der Waals surface area (Å²) in [6.07, 6.45) is 0.0631. The summed E-state index contributed by atoms with van der Waals surface area (Å²) >= 11 is 0. The molecule has 3 rings (SSSR count). The summed E-state index contributed by atoms with van der Waals surface area (Å²) in [7, 11) is 0. The van der Waals surface area contributed by atoms with E-state index < -0.39 is 17.0 Å². The number of nitro groups is 1. The van der Waals surface area contributed by atoms with Gasteiger partial charge in [0.05, 0.1) is 29.3 Å². The Morgan fingerprint density at radius 1 is 1.23 bits per heavy atom. The number of esters is 1. The topological polar surface area (TPSA) is 99.0 Å². The zero-order valence-corrected chi connectivity index (χ0v) is 17.2. The van der Waals surface area contributed by atoms with Crippen LogP contribution in [0.5, 0.6) is 5.75 Å². The monoisotopic (exact) mass is 412 g/mol. The molecule has 2 aromatic rings. The van der Waals surface area contributed by atoms with Gasteiger partial charge in [-0.3, -0.25) is 14.9 Å². The second-order valence-corrected chi connectivity index (χ2v) is 7.45. The fourth-order valence-electron chi connectivity index (χ4n) is 3.18. The maximum atomic E-state index is 13.1. The smallest absolute Gasteiger partial charge is 0.338 e. The first kappa shape index (κ1) is 21.3. The molecule has 0 bridgehead atoms. The van der Waals surface area contributed by atoms with Crippen LogP contribution in [-0.4, -0.2) is 29.5 Å². The summed E-state index contributed by atoms with van der Waals surface area (Å²) in [4.78, 5) is 37.2. The third-order valence-corrected chi connectivity index (χ3v) is 4.78. The third kappa shape index (κ3) is 4.42. The predicted octanol–water partition coefficient (Wildman–Crippen LogP) is 4.11. The molecule has 0 N–H and O–H groups in total. The Morgan fingerprint density at radius 2 is 1.93 bits per heavy atom. The van der Waals surface area contributed by atoms with Crippen molar-refractivity contribution in [1.82, 2.24) is 0 Å². The highest BCUT2D eigenvalue weighted by Crippen LogP contribution is 2.39. The molecule has 0 aromatic heterocycles. The van der Waals surface area contributed by atoms with Crippen molar-refractivity contribution in [2.24, 2.45) is 5.92 Å². The molecule has 1 atom stereocenters. The Labute approximate surface area is 174 Å². The molecule has 1 aliphatic heterocycles. The second kappa shape index (κ2) is 8.94. The van der Waals surface area contributed by atoms with Gasteiger partial charge in [-0.1, -0.05) is 32.9 Å². The number of hydrogen-bond acceptors (Lipinski definition) is 6. The molecule has 0 fully saturated rings. The number of hydrogen-bond donors (Lipinski definition) is 0. The molecule has 0 spiro atoms. The van der Waals surface area contributed by atoms with E-state index in [1.807, 2.05) is 20.8 Å². The van der Waals surface area contributed by atoms with Gasteiger partial charge in [-0.15, -0.1) is 0 Å². The standard InChI is InChI=1S/C22H24N2O6/c1-4-11-29-22(26)16-7-5-15(6-8-16)13-23-18-12-17(24(27)28)9-10-19(18)30-20(14(2)3)21(23)25/h5-10,12,14,20H,4,11,13H2,1-3H3. The van der Waals surface area contributed by atoms with Gasteiger partial charge in [-0.2, -0.15) is 0 Å². The van der Waals surface area contributed by atoms with Crippen LogP contribution in [0.3, 0.4) is 0 Å². The van der Waals surface area contributed by atoms with Crippen LogP contribution in [0.1, 0.15) is 43.1 Å². The lowest BCUT2D eigenvalue weighted by Crippen LogP contribution is -2.48. The Bertz CT molecular complexity index is 955. The summed E-state index contributed by atoms with van der Waals surface area (Å²) in [6.45, 7) is 6.24. The second-order valence-electron chi connectivity index (χ2n) is 7.45. The number of anilines is 1. The molecule has 1 aliphatic rings. The Hall–Kier alpha value is -3.42. The van der Waals surface area contributed by atoms with E-state index in [1.54, 1.807) is 24.3 Å². The minimum atomic E-state index is -0.678. The third-order valence-electron chi connectivity index (χ3n) is 4.78. The van der Waals surface area contributed by atoms with Crippen LogP contribution in [0, 0.1) is 16.0 Å². The van der Waals surface area contributed by atoms with Crippen molar-refractivity contribution in [2.75, 3.05) is 11.5 Å². The van der Waals surface area contributed by atoms with Crippen molar-refractivity contribution in [3.8, 4) is 5.75 Å². The van der Waals surface area contributed by atoms with Crippen molar-refractivity contribution in [2.45, 2.75) is 39.8 Å². The van der Waals surface area contributed by atoms with Crippen molar-refractivity contribution in [1.29, 1.82) is 0 Å². The fraction of sp³-hybridized carbons (Fsp3) is 0.364. The average Bonchev–Trinajstić information content (AvgIpc) is 2.73. The number of amides is 1. The lowest BCUT2D eigenvalue weighted by molar-refractivity contribution is -0.384. The Balaban J connectivity index is 1.90. The molecular formula is C22H24N2O6. The van der Waals surface area contributed by atoms with Crippen molar-refractivity contribution in [3.63, 3.8) is 0 Å². The zero-order chi connectivity index (χ0) is 21.8. The summed E-state index contributed by atoms with van der Waals surface area (Å²) in [6, 6.07) is 11.0. The molecule has 8 heteroatoms. The summed E-state index contributed by atoms with van der Waals surface area (Å²) in [5.41, 5.74) is 1.44. The number of benzene rings is 2. The maximum absolute atomic E-state index is 13.1. The van der Waals surface area contributed by atoms with Gasteiger partial charge in [-0.05, 0) is 36.1 Å². The van der Waals surface area contributed by atoms with E-state index in [4.69, 9.17) is 9.47 Å². The van der Waals surface area contributed by atoms with Crippen LogP contribution in [0.15, 0.2) is 42.5 Å². The first-order valence-corrected chi connectivity index (χ1v) is 9.84. The quantitative estimate of drug-likeness (QED) is 0.385. The molecule has 0 radical (unpaired) electrons. The van der Waals surface area contributed by atoms with Gasteiger partial charge in [0.25, 0.3) is 11.6 Å². The highest BCUT2D eigenvalue weighted by atomic mass is 16.6. The Kier molecular flexibility index (Phi) is 6.34. The minimum absolute atomic E-state index is 0.0703. The van der Waals surface area contributed by atoms with Crippen LogP contribution in [0.2, 0.25) is 0 Å². The highest BCUT2D eigenvalue weighted by molar-refractivity contribution is 6.00. The molecule has 0 saturated carbocycles. The van der Waals surface area contributed by atoms with E-state index in [9.17, 15) is 19.7 Å². The maximum Gasteiger partial charge on any atom is 0.338 e. The van der Waals surface area contributed by atoms with Crippen LogP contribution in [-0.2, 0) is 16.1 Å². The molecule has 1 heterocycles. The number of rotatable bonds is 7. The molecule has 8 nitrogen and oxygen atoms in total. The molecule has 158 valence electrons. The minimum Gasteiger partial charge on any atom is -0.478 e. The van der Waals surface area contributed by atoms with Crippen LogP contribution in [0.25, 0.3) is 0 Å². The largest absolute Gasteiger partial charge is 0.478 e. The SMILES string of the molecule is CCCOC(=O)c1ccc(CN2C(=O)C(C(C)C)Oc3ccc([N+](=O)[O-])cc32)cc1. The van der Waals surface area contributed by atoms with Crippen LogP contribution in [0.4, 0.5) is 11.4 Å². The van der Waals surface area contributed by atoms with Crippen molar-refractivity contribution >= 4 is 23.3 Å². The average molecular weight is 412 g/mol. The number of fused-ring (bicyclic) bond motifs is 1. The fourth-order valence-corrected chi connectivity index (χ4v) is 3.18. The molecule has 1 unspecified atom stereocenters. The first-order valence-electron chi connectivity index (χ1n) is 9.84. The molecular weight excluding hydrogens is 388 g/mol. The van der Waals surface area contributed by atoms with Gasteiger partial charge in [0, 0.05) is 12.1 Å². The van der Waals surface area contributed by atoms with Crippen molar-refractivity contribution in [3.05, 3.63) is 63.7 Å². The lowest BCUT2D eigenvalue weighted by Gasteiger charge is -2.36. The summed E-state index contributed by atoms with van der Waals surface area (Å²) < 4.78 is 10.9. The molecule has 0 aliphatic carbocycles. The number of nitro benzene ring substituents is 1. The van der Waals surface area contributed by atoms with Gasteiger partial charge < -0.3 is 14.4 Å². The van der Waals surface area contributed by atoms with Gasteiger partial charge >= 0.3 is 5.97 Å². The van der Waals surface area contributed by atoms with E-state index in [-0.39, 0.29) is 24.1 Å². The van der Waals surface area contributed by atoms with Crippen LogP contribution < -0.4 is 9.64 Å². The Morgan fingerprint density at radius 3 is 2.53 bits per heavy atom. The van der Waals surface area contributed by atoms with E-state index in [0.717, 1.165) is 12.0 Å². The molecule has 0 saturated heterocycles. The van der Waals surface area contributed by atoms with E-state index in [2.05, 4.69) is 0 Å². The lowest BCUT2D eigenvalue weighted by atomic mass is 10.0. The van der Waals surface area contributed by atoms with Gasteiger partial charge in [0.1, 0.15) is 5.75 Å². The number of carbonyl (C=O) groups excluding carboxylic acids is 2. The van der Waals surface area contributed by atoms with E-state index >= 15 is 0 Å². The number of non-ortho nitro benzene ring substituents is 1. The number of carbonyl (C=O) groups is 2. The summed E-state index contributed by atoms with van der Waals surface area (Å²) in [5.74, 6) is -0.297. The molecule has 30 heavy (non-hydrogen) atoms. The van der Waals surface area contributed by atoms with E-state index in [1.165, 1.54) is 23.1 Å². The predicted molar refractivity (Wildman–Crippen MR) is 111 cm³/mol. The van der Waals surface area contributed by atoms with Gasteiger partial charge in [0.15, 0.2) is 6.10 Å². The summed E-state index contributed by atoms with van der Waals surface area (Å²) in [5, 5.41) is 11.2.